The van der Waals surface area contributed by atoms with E-state index in [1.807, 2.05) is 56.6 Å². The van der Waals surface area contributed by atoms with E-state index in [1.54, 1.807) is 6.20 Å². The molecule has 0 atom stereocenters. The number of ether oxygens (including phenoxy) is 1. The van der Waals surface area contributed by atoms with Gasteiger partial charge >= 0.3 is 0 Å². The zero-order valence-corrected chi connectivity index (χ0v) is 16.3. The molecule has 0 aliphatic heterocycles. The number of rotatable bonds is 7. The van der Waals surface area contributed by atoms with Crippen molar-refractivity contribution in [3.05, 3.63) is 54.2 Å². The molecule has 0 unspecified atom stereocenters. The molecule has 0 fully saturated rings. The molecular weight excluding hydrogens is 417 g/mol. The summed E-state index contributed by atoms with van der Waals surface area (Å²) in [5, 5.41) is 3.05. The molecule has 0 radical (unpaired) electrons. The topological polar surface area (TPSA) is 75.8 Å². The Labute approximate surface area is 160 Å². The second-order valence-corrected chi connectivity index (χ2v) is 5.35. The highest BCUT2D eigenvalue weighted by atomic mass is 127. The maximum Gasteiger partial charge on any atom is 0.213 e. The number of hydrogen-bond donors (Lipinski definition) is 2. The Bertz CT molecular complexity index is 634. The molecule has 0 aliphatic carbocycles. The Morgan fingerprint density at radius 2 is 2.00 bits per heavy atom. The molecule has 2 rings (SSSR count). The number of para-hydroxylation sites is 1. The summed E-state index contributed by atoms with van der Waals surface area (Å²) in [5.74, 6) is 0.984. The summed E-state index contributed by atoms with van der Waals surface area (Å²) in [6, 6.07) is 13.5. The van der Waals surface area contributed by atoms with Crippen LogP contribution in [-0.4, -0.2) is 43.1 Å². The molecule has 0 saturated heterocycles. The first kappa shape index (κ1) is 20.2. The first-order valence-electron chi connectivity index (χ1n) is 7.48. The lowest BCUT2D eigenvalue weighted by molar-refractivity contribution is 0.253. The number of benzene rings is 1. The maximum absolute atomic E-state index is 5.89. The fraction of sp³-hybridized carbons (Fsp3) is 0.294. The molecule has 130 valence electrons. The quantitative estimate of drug-likeness (QED) is 0.393. The molecule has 0 spiro atoms. The summed E-state index contributed by atoms with van der Waals surface area (Å²) < 4.78 is 5.61. The molecule has 0 amide bonds. The predicted octanol–water partition coefficient (Wildman–Crippen LogP) is 2.57. The Balaban J connectivity index is 0.00000288. The highest BCUT2D eigenvalue weighted by Gasteiger charge is 2.00. The van der Waals surface area contributed by atoms with Gasteiger partial charge in [0.1, 0.15) is 6.61 Å². The number of pyridine rings is 1. The molecule has 2 aromatic rings. The average Bonchev–Trinajstić information content (AvgIpc) is 2.54. The molecule has 24 heavy (non-hydrogen) atoms. The molecule has 1 aromatic heterocycles. The Morgan fingerprint density at radius 3 is 2.71 bits per heavy atom. The molecule has 0 bridgehead atoms. The predicted molar refractivity (Wildman–Crippen MR) is 109 cm³/mol. The van der Waals surface area contributed by atoms with Crippen LogP contribution in [0.2, 0.25) is 0 Å². The monoisotopic (exact) mass is 441 g/mol. The average molecular weight is 441 g/mol. The van der Waals surface area contributed by atoms with Gasteiger partial charge in [0.15, 0.2) is 5.96 Å². The second kappa shape index (κ2) is 10.8. The van der Waals surface area contributed by atoms with E-state index in [-0.39, 0.29) is 24.0 Å². The zero-order chi connectivity index (χ0) is 16.5. The molecule has 6 nitrogen and oxygen atoms in total. The van der Waals surface area contributed by atoms with Crippen LogP contribution in [0.4, 0.5) is 5.69 Å². The number of hydrogen-bond acceptors (Lipinski definition) is 4. The van der Waals surface area contributed by atoms with Crippen LogP contribution in [0, 0.1) is 0 Å². The summed E-state index contributed by atoms with van der Waals surface area (Å²) in [4.78, 5) is 10.6. The van der Waals surface area contributed by atoms with Crippen molar-refractivity contribution >= 4 is 35.6 Å². The van der Waals surface area contributed by atoms with Gasteiger partial charge in [-0.1, -0.05) is 18.2 Å². The third kappa shape index (κ3) is 7.60. The van der Waals surface area contributed by atoms with E-state index in [2.05, 4.69) is 20.2 Å². The molecule has 7 heteroatoms. The lowest BCUT2D eigenvalue weighted by Crippen LogP contribution is -2.22. The fourth-order valence-corrected chi connectivity index (χ4v) is 1.85. The van der Waals surface area contributed by atoms with E-state index < -0.39 is 0 Å². The van der Waals surface area contributed by atoms with Crippen molar-refractivity contribution in [3.63, 3.8) is 0 Å². The van der Waals surface area contributed by atoms with Gasteiger partial charge in [-0.15, -0.1) is 24.0 Å². The summed E-state index contributed by atoms with van der Waals surface area (Å²) in [7, 11) is 4.01. The van der Waals surface area contributed by atoms with Crippen molar-refractivity contribution in [2.45, 2.75) is 6.54 Å². The molecule has 3 N–H and O–H groups in total. The second-order valence-electron chi connectivity index (χ2n) is 5.35. The first-order chi connectivity index (χ1) is 11.1. The normalized spacial score (nSPS) is 11.0. The Morgan fingerprint density at radius 1 is 1.25 bits per heavy atom. The number of aliphatic imine (C=N–C) groups is 1. The van der Waals surface area contributed by atoms with Gasteiger partial charge in [0, 0.05) is 24.5 Å². The number of aromatic nitrogens is 1. The summed E-state index contributed by atoms with van der Waals surface area (Å²) >= 11 is 0. The molecule has 1 aromatic carbocycles. The van der Waals surface area contributed by atoms with Gasteiger partial charge in [0.25, 0.3) is 0 Å². The third-order valence-corrected chi connectivity index (χ3v) is 3.07. The van der Waals surface area contributed by atoms with Gasteiger partial charge < -0.3 is 20.7 Å². The largest absolute Gasteiger partial charge is 0.476 e. The van der Waals surface area contributed by atoms with Crippen LogP contribution >= 0.6 is 24.0 Å². The van der Waals surface area contributed by atoms with Crippen molar-refractivity contribution in [2.24, 2.45) is 10.7 Å². The Kier molecular flexibility index (Phi) is 9.10. The SMILES string of the molecule is CN(C)CCOc1cc(CN=C(N)Nc2ccccc2)ccn1.I. The van der Waals surface area contributed by atoms with Gasteiger partial charge in [0.05, 0.1) is 6.54 Å². The molecule has 0 aliphatic rings. The number of nitrogens with one attached hydrogen (secondary N) is 1. The lowest BCUT2D eigenvalue weighted by Gasteiger charge is -2.10. The minimum Gasteiger partial charge on any atom is -0.476 e. The van der Waals surface area contributed by atoms with Crippen molar-refractivity contribution in [1.29, 1.82) is 0 Å². The van der Waals surface area contributed by atoms with Crippen molar-refractivity contribution < 1.29 is 4.74 Å². The van der Waals surface area contributed by atoms with E-state index in [4.69, 9.17) is 10.5 Å². The summed E-state index contributed by atoms with van der Waals surface area (Å²) in [6.45, 7) is 1.92. The van der Waals surface area contributed by atoms with Crippen LogP contribution in [0.3, 0.4) is 0 Å². The maximum atomic E-state index is 5.89. The summed E-state index contributed by atoms with van der Waals surface area (Å²) in [5.41, 5.74) is 7.80. The van der Waals surface area contributed by atoms with Crippen LogP contribution in [0.1, 0.15) is 5.56 Å². The molecular formula is C17H24IN5O. The molecule has 1 heterocycles. The number of anilines is 1. The van der Waals surface area contributed by atoms with Crippen molar-refractivity contribution in [3.8, 4) is 5.88 Å². The summed E-state index contributed by atoms with van der Waals surface area (Å²) in [6.07, 6.45) is 1.72. The van der Waals surface area contributed by atoms with Crippen LogP contribution < -0.4 is 15.8 Å². The van der Waals surface area contributed by atoms with Gasteiger partial charge in [-0.2, -0.15) is 0 Å². The van der Waals surface area contributed by atoms with Crippen LogP contribution in [-0.2, 0) is 6.54 Å². The number of likely N-dealkylation sites (N-methyl/N-ethyl adjacent to an activating group) is 1. The number of halogens is 1. The first-order valence-corrected chi connectivity index (χ1v) is 7.48. The lowest BCUT2D eigenvalue weighted by atomic mass is 10.3. The third-order valence-electron chi connectivity index (χ3n) is 3.07. The van der Waals surface area contributed by atoms with Gasteiger partial charge in [-0.05, 0) is 37.9 Å². The minimum absolute atomic E-state index is 0. The van der Waals surface area contributed by atoms with Crippen molar-refractivity contribution in [1.82, 2.24) is 9.88 Å². The fourth-order valence-electron chi connectivity index (χ4n) is 1.85. The number of guanidine groups is 1. The standard InChI is InChI=1S/C17H23N5O.HI/c1-22(2)10-11-23-16-12-14(8-9-19-16)13-20-17(18)21-15-6-4-3-5-7-15;/h3-9,12H,10-11,13H2,1-2H3,(H3,18,20,21);1H. The van der Waals surface area contributed by atoms with E-state index in [9.17, 15) is 0 Å². The van der Waals surface area contributed by atoms with Crippen molar-refractivity contribution in [2.75, 3.05) is 32.6 Å². The molecule has 0 saturated carbocycles. The van der Waals surface area contributed by atoms with E-state index in [0.29, 0.717) is 25.0 Å². The van der Waals surface area contributed by atoms with E-state index in [1.165, 1.54) is 0 Å². The Hall–Kier alpha value is -1.87. The minimum atomic E-state index is 0. The van der Waals surface area contributed by atoms with Gasteiger partial charge in [0.2, 0.25) is 5.88 Å². The smallest absolute Gasteiger partial charge is 0.213 e. The van der Waals surface area contributed by atoms with Gasteiger partial charge in [-0.25, -0.2) is 9.98 Å². The van der Waals surface area contributed by atoms with E-state index >= 15 is 0 Å². The number of nitrogens with two attached hydrogens (primary N) is 1. The van der Waals surface area contributed by atoms with Crippen LogP contribution in [0.15, 0.2) is 53.7 Å². The van der Waals surface area contributed by atoms with E-state index in [0.717, 1.165) is 17.8 Å². The van der Waals surface area contributed by atoms with Crippen LogP contribution in [0.25, 0.3) is 0 Å². The van der Waals surface area contributed by atoms with Gasteiger partial charge in [-0.3, -0.25) is 0 Å². The number of nitrogens with zero attached hydrogens (tertiary/aromatic N) is 3. The highest BCUT2D eigenvalue weighted by molar-refractivity contribution is 14.0. The van der Waals surface area contributed by atoms with Crippen LogP contribution in [0.5, 0.6) is 5.88 Å². The highest BCUT2D eigenvalue weighted by Crippen LogP contribution is 2.10. The zero-order valence-electron chi connectivity index (χ0n) is 14.0.